The molecule has 0 amide bonds. The number of hydrogen-bond donors (Lipinski definition) is 2. The number of alkyl halides is 2. The molecule has 14 heavy (non-hydrogen) atoms. The van der Waals surface area contributed by atoms with E-state index in [0.717, 1.165) is 0 Å². The quantitative estimate of drug-likeness (QED) is 0.681. The first-order valence-electron chi connectivity index (χ1n) is 4.11. The summed E-state index contributed by atoms with van der Waals surface area (Å²) in [6, 6.07) is 0. The van der Waals surface area contributed by atoms with Crippen LogP contribution in [0.1, 0.15) is 13.8 Å². The Labute approximate surface area is 80.5 Å². The zero-order chi connectivity index (χ0) is 11.4. The lowest BCUT2D eigenvalue weighted by Gasteiger charge is -2.18. The number of rotatable bonds is 6. The molecular formula is C8H14F2O4. The molecule has 0 aliphatic heterocycles. The van der Waals surface area contributed by atoms with Crippen LogP contribution in [-0.2, 0) is 9.53 Å². The van der Waals surface area contributed by atoms with E-state index in [1.54, 1.807) is 0 Å². The smallest absolute Gasteiger partial charge is 0.308 e. The highest BCUT2D eigenvalue weighted by atomic mass is 19.3. The molecule has 0 saturated carbocycles. The molecule has 4 nitrogen and oxygen atoms in total. The molecule has 0 radical (unpaired) electrons. The maximum Gasteiger partial charge on any atom is 0.308 e. The average Bonchev–Trinajstić information content (AvgIpc) is 2.01. The van der Waals surface area contributed by atoms with Crippen molar-refractivity contribution in [2.45, 2.75) is 25.9 Å². The van der Waals surface area contributed by atoms with Crippen LogP contribution in [0, 0.1) is 5.92 Å². The summed E-state index contributed by atoms with van der Waals surface area (Å²) in [7, 11) is 0. The molecule has 0 fully saturated rings. The van der Waals surface area contributed by atoms with E-state index in [9.17, 15) is 13.6 Å². The van der Waals surface area contributed by atoms with Gasteiger partial charge < -0.3 is 14.9 Å². The van der Waals surface area contributed by atoms with E-state index >= 15 is 0 Å². The Kier molecular flexibility index (Phi) is 4.93. The van der Waals surface area contributed by atoms with Crippen molar-refractivity contribution in [3.05, 3.63) is 0 Å². The van der Waals surface area contributed by atoms with Gasteiger partial charge in [0, 0.05) is 6.92 Å². The Morgan fingerprint density at radius 2 is 2.00 bits per heavy atom. The third-order valence-corrected chi connectivity index (χ3v) is 1.65. The number of hydrogen-bond acceptors (Lipinski definition) is 3. The summed E-state index contributed by atoms with van der Waals surface area (Å²) in [5.41, 5.74) is 0. The van der Waals surface area contributed by atoms with Crippen LogP contribution in [0.3, 0.4) is 0 Å². The minimum absolute atomic E-state index is 0.192. The minimum Gasteiger partial charge on any atom is -0.481 e. The molecule has 0 aliphatic carbocycles. The molecule has 2 unspecified atom stereocenters. The fraction of sp³-hybridized carbons (Fsp3) is 0.875. The maximum absolute atomic E-state index is 12.4. The van der Waals surface area contributed by atoms with Gasteiger partial charge in [0.2, 0.25) is 0 Å². The molecule has 0 aromatic carbocycles. The second-order valence-corrected chi connectivity index (χ2v) is 3.25. The highest BCUT2D eigenvalue weighted by Gasteiger charge is 2.32. The second kappa shape index (κ2) is 5.21. The van der Waals surface area contributed by atoms with Gasteiger partial charge in [0.1, 0.15) is 6.10 Å². The number of ether oxygens (including phenoxy) is 1. The van der Waals surface area contributed by atoms with Crippen molar-refractivity contribution in [3.8, 4) is 0 Å². The molecule has 0 heterocycles. The Bertz CT molecular complexity index is 190. The topological polar surface area (TPSA) is 66.8 Å². The molecule has 0 bridgehead atoms. The Balaban J connectivity index is 3.70. The molecule has 6 heteroatoms. The van der Waals surface area contributed by atoms with Crippen LogP contribution in [0.2, 0.25) is 0 Å². The molecule has 84 valence electrons. The van der Waals surface area contributed by atoms with E-state index in [2.05, 4.69) is 4.74 Å². The van der Waals surface area contributed by atoms with Gasteiger partial charge in [-0.05, 0) is 6.92 Å². The number of carboxylic acid groups (broad SMARTS) is 1. The van der Waals surface area contributed by atoms with Crippen LogP contribution in [-0.4, -0.2) is 41.4 Å². The summed E-state index contributed by atoms with van der Waals surface area (Å²) in [5, 5.41) is 17.2. The van der Waals surface area contributed by atoms with Crippen molar-refractivity contribution in [2.24, 2.45) is 5.92 Å². The van der Waals surface area contributed by atoms with E-state index in [-0.39, 0.29) is 6.61 Å². The second-order valence-electron chi connectivity index (χ2n) is 3.25. The van der Waals surface area contributed by atoms with E-state index in [1.807, 2.05) is 0 Å². The largest absolute Gasteiger partial charge is 0.481 e. The number of carbonyl (C=O) groups is 1. The van der Waals surface area contributed by atoms with Gasteiger partial charge >= 0.3 is 5.97 Å². The van der Waals surface area contributed by atoms with Crippen molar-refractivity contribution >= 4 is 5.97 Å². The zero-order valence-electron chi connectivity index (χ0n) is 8.04. The van der Waals surface area contributed by atoms with Crippen LogP contribution in [0.5, 0.6) is 0 Å². The molecule has 0 spiro atoms. The fourth-order valence-corrected chi connectivity index (χ4v) is 0.574. The van der Waals surface area contributed by atoms with Gasteiger partial charge in [0.05, 0.1) is 19.1 Å². The summed E-state index contributed by atoms with van der Waals surface area (Å²) in [4.78, 5) is 10.3. The van der Waals surface area contributed by atoms with Gasteiger partial charge in [0.25, 0.3) is 5.92 Å². The molecule has 0 rings (SSSR count). The van der Waals surface area contributed by atoms with E-state index in [0.29, 0.717) is 6.92 Å². The van der Waals surface area contributed by atoms with Crippen molar-refractivity contribution < 1.29 is 28.5 Å². The fourth-order valence-electron chi connectivity index (χ4n) is 0.574. The van der Waals surface area contributed by atoms with Crippen LogP contribution in [0.15, 0.2) is 0 Å². The zero-order valence-corrected chi connectivity index (χ0v) is 8.04. The van der Waals surface area contributed by atoms with E-state index in [4.69, 9.17) is 10.2 Å². The summed E-state index contributed by atoms with van der Waals surface area (Å²) >= 11 is 0. The average molecular weight is 212 g/mol. The Morgan fingerprint density at radius 3 is 2.36 bits per heavy atom. The first kappa shape index (κ1) is 13.2. The number of aliphatic hydroxyl groups is 1. The predicted molar refractivity (Wildman–Crippen MR) is 44.2 cm³/mol. The first-order valence-corrected chi connectivity index (χ1v) is 4.11. The molecule has 0 aromatic heterocycles. The lowest BCUT2D eigenvalue weighted by atomic mass is 10.2. The van der Waals surface area contributed by atoms with Crippen molar-refractivity contribution in [1.82, 2.24) is 0 Å². The molecule has 0 saturated heterocycles. The van der Waals surface area contributed by atoms with Gasteiger partial charge in [-0.15, -0.1) is 0 Å². The number of aliphatic hydroxyl groups excluding tert-OH is 1. The minimum atomic E-state index is -3.23. The van der Waals surface area contributed by atoms with Gasteiger partial charge in [0.15, 0.2) is 0 Å². The van der Waals surface area contributed by atoms with E-state index < -0.39 is 30.5 Å². The van der Waals surface area contributed by atoms with E-state index in [1.165, 1.54) is 6.92 Å². The van der Waals surface area contributed by atoms with Crippen LogP contribution < -0.4 is 0 Å². The van der Waals surface area contributed by atoms with Crippen molar-refractivity contribution in [3.63, 3.8) is 0 Å². The number of aliphatic carboxylic acids is 1. The highest BCUT2D eigenvalue weighted by Crippen LogP contribution is 2.17. The summed E-state index contributed by atoms with van der Waals surface area (Å²) in [6.45, 7) is 1.20. The lowest BCUT2D eigenvalue weighted by molar-refractivity contribution is -0.146. The monoisotopic (exact) mass is 212 g/mol. The van der Waals surface area contributed by atoms with Crippen LogP contribution in [0.4, 0.5) is 8.78 Å². The van der Waals surface area contributed by atoms with Gasteiger partial charge in [-0.1, -0.05) is 0 Å². The molecule has 0 aliphatic rings. The lowest BCUT2D eigenvalue weighted by Crippen LogP contribution is -2.35. The summed E-state index contributed by atoms with van der Waals surface area (Å²) in [5.74, 6) is -5.07. The maximum atomic E-state index is 12.4. The normalized spacial score (nSPS) is 16.4. The Morgan fingerprint density at radius 1 is 1.50 bits per heavy atom. The third kappa shape index (κ3) is 5.08. The predicted octanol–water partition coefficient (Wildman–Crippen LogP) is 0.740. The van der Waals surface area contributed by atoms with Gasteiger partial charge in [-0.25, -0.2) is 8.78 Å². The molecule has 2 N–H and O–H groups in total. The highest BCUT2D eigenvalue weighted by molar-refractivity contribution is 5.69. The first-order chi connectivity index (χ1) is 6.25. The van der Waals surface area contributed by atoms with Crippen LogP contribution >= 0.6 is 0 Å². The number of carboxylic acids is 1. The standard InChI is InChI=1S/C8H14F2O4/c1-5(7(12)13)3-14-4-6(11)8(2,9)10/h5-6,11H,3-4H2,1-2H3,(H,12,13). The number of halogens is 2. The van der Waals surface area contributed by atoms with Crippen molar-refractivity contribution in [2.75, 3.05) is 13.2 Å². The van der Waals surface area contributed by atoms with Gasteiger partial charge in [-0.3, -0.25) is 4.79 Å². The molecular weight excluding hydrogens is 198 g/mol. The molecule has 2 atom stereocenters. The SMILES string of the molecule is CC(COCC(O)C(C)(F)F)C(=O)O. The molecule has 0 aromatic rings. The Hall–Kier alpha value is -0.750. The van der Waals surface area contributed by atoms with Crippen LogP contribution in [0.25, 0.3) is 0 Å². The van der Waals surface area contributed by atoms with Gasteiger partial charge in [-0.2, -0.15) is 0 Å². The summed E-state index contributed by atoms with van der Waals surface area (Å²) in [6.07, 6.45) is -1.90. The summed E-state index contributed by atoms with van der Waals surface area (Å²) < 4.78 is 29.3. The van der Waals surface area contributed by atoms with Crippen molar-refractivity contribution in [1.29, 1.82) is 0 Å². The third-order valence-electron chi connectivity index (χ3n) is 1.65.